The van der Waals surface area contributed by atoms with Gasteiger partial charge < -0.3 is 10.1 Å². The minimum Gasteiger partial charge on any atom is -0.462 e. The Bertz CT molecular complexity index is 931. The number of esters is 1. The van der Waals surface area contributed by atoms with Crippen molar-refractivity contribution in [2.75, 3.05) is 25.0 Å². The first-order valence-corrected chi connectivity index (χ1v) is 10.6. The number of benzene rings is 2. The number of carbonyl (C=O) groups excluding carboxylic acids is 2. The number of rotatable bonds is 6. The van der Waals surface area contributed by atoms with E-state index in [2.05, 4.69) is 10.2 Å². The number of hydrogen-bond donors (Lipinski definition) is 1. The Hall–Kier alpha value is -2.15. The van der Waals surface area contributed by atoms with Crippen LogP contribution in [0, 0.1) is 11.7 Å². The van der Waals surface area contributed by atoms with Gasteiger partial charge in [-0.15, -0.1) is 0 Å². The van der Waals surface area contributed by atoms with Crippen LogP contribution in [0.2, 0.25) is 10.0 Å². The molecule has 0 aromatic heterocycles. The van der Waals surface area contributed by atoms with Crippen molar-refractivity contribution in [1.82, 2.24) is 4.90 Å². The molecular weight excluding hydrogens is 430 g/mol. The maximum Gasteiger partial charge on any atom is 0.339 e. The Morgan fingerprint density at radius 2 is 1.90 bits per heavy atom. The largest absolute Gasteiger partial charge is 0.462 e. The van der Waals surface area contributed by atoms with E-state index >= 15 is 0 Å². The number of hydrogen-bond acceptors (Lipinski definition) is 4. The molecule has 2 aromatic carbocycles. The predicted octanol–water partition coefficient (Wildman–Crippen LogP) is 5.16. The molecule has 1 fully saturated rings. The van der Waals surface area contributed by atoms with E-state index in [1.165, 1.54) is 12.1 Å². The lowest BCUT2D eigenvalue weighted by atomic mass is 9.95. The number of nitrogens with zero attached hydrogens (tertiary/aromatic N) is 1. The fourth-order valence-corrected chi connectivity index (χ4v) is 3.81. The number of nitrogens with one attached hydrogen (secondary N) is 1. The fraction of sp³-hybridized carbons (Fsp3) is 0.364. The zero-order chi connectivity index (χ0) is 21.7. The lowest BCUT2D eigenvalue weighted by molar-refractivity contribution is -0.121. The molecule has 5 nitrogen and oxygen atoms in total. The molecule has 0 saturated carbocycles. The van der Waals surface area contributed by atoms with Crippen molar-refractivity contribution in [2.45, 2.75) is 26.3 Å². The minimum atomic E-state index is -0.527. The second kappa shape index (κ2) is 10.2. The van der Waals surface area contributed by atoms with Crippen molar-refractivity contribution in [1.29, 1.82) is 0 Å². The van der Waals surface area contributed by atoms with Gasteiger partial charge in [0.05, 0.1) is 17.2 Å². The number of amides is 1. The van der Waals surface area contributed by atoms with Crippen LogP contribution in [0.1, 0.15) is 35.7 Å². The molecule has 1 saturated heterocycles. The molecule has 160 valence electrons. The first kappa shape index (κ1) is 22.5. The zero-order valence-electron chi connectivity index (χ0n) is 16.6. The summed E-state index contributed by atoms with van der Waals surface area (Å²) in [5.74, 6) is -1.11. The maximum absolute atomic E-state index is 14.0. The summed E-state index contributed by atoms with van der Waals surface area (Å²) in [5, 5.41) is 3.50. The molecule has 30 heavy (non-hydrogen) atoms. The van der Waals surface area contributed by atoms with Gasteiger partial charge in [-0.3, -0.25) is 9.69 Å². The Kier molecular flexibility index (Phi) is 7.69. The average molecular weight is 453 g/mol. The van der Waals surface area contributed by atoms with Crippen LogP contribution >= 0.6 is 23.2 Å². The van der Waals surface area contributed by atoms with Gasteiger partial charge in [-0.1, -0.05) is 29.3 Å². The molecule has 8 heteroatoms. The summed E-state index contributed by atoms with van der Waals surface area (Å²) < 4.78 is 19.0. The van der Waals surface area contributed by atoms with Gasteiger partial charge >= 0.3 is 5.97 Å². The molecule has 0 radical (unpaired) electrons. The summed E-state index contributed by atoms with van der Waals surface area (Å²) in [6.45, 7) is 3.82. The molecule has 1 amide bonds. The highest BCUT2D eigenvalue weighted by Crippen LogP contribution is 2.25. The summed E-state index contributed by atoms with van der Waals surface area (Å²) in [5.41, 5.74) is 1.31. The third kappa shape index (κ3) is 5.72. The molecule has 1 aliphatic heterocycles. The van der Waals surface area contributed by atoms with Crippen LogP contribution in [0.3, 0.4) is 0 Å². The molecule has 0 unspecified atom stereocenters. The van der Waals surface area contributed by atoms with Crippen LogP contribution in [0.15, 0.2) is 36.4 Å². The lowest BCUT2D eigenvalue weighted by Gasteiger charge is -2.31. The van der Waals surface area contributed by atoms with E-state index in [9.17, 15) is 14.0 Å². The topological polar surface area (TPSA) is 58.6 Å². The molecule has 0 aliphatic carbocycles. The number of likely N-dealkylation sites (tertiary alicyclic amines) is 1. The Morgan fingerprint density at radius 1 is 1.17 bits per heavy atom. The van der Waals surface area contributed by atoms with Gasteiger partial charge in [0.1, 0.15) is 5.82 Å². The van der Waals surface area contributed by atoms with Crippen molar-refractivity contribution in [2.24, 2.45) is 5.92 Å². The van der Waals surface area contributed by atoms with E-state index in [0.29, 0.717) is 48.7 Å². The van der Waals surface area contributed by atoms with E-state index in [1.54, 1.807) is 31.2 Å². The first-order chi connectivity index (χ1) is 14.4. The number of halogens is 3. The summed E-state index contributed by atoms with van der Waals surface area (Å²) >= 11 is 11.9. The summed E-state index contributed by atoms with van der Waals surface area (Å²) in [4.78, 5) is 26.8. The molecule has 1 aliphatic rings. The van der Waals surface area contributed by atoms with Crippen molar-refractivity contribution in [3.63, 3.8) is 0 Å². The van der Waals surface area contributed by atoms with Crippen LogP contribution < -0.4 is 5.32 Å². The highest BCUT2D eigenvalue weighted by molar-refractivity contribution is 6.33. The fourth-order valence-electron chi connectivity index (χ4n) is 3.46. The average Bonchev–Trinajstić information content (AvgIpc) is 2.72. The molecule has 0 spiro atoms. The quantitative estimate of drug-likeness (QED) is 0.614. The van der Waals surface area contributed by atoms with Crippen LogP contribution in [-0.4, -0.2) is 36.5 Å². The molecule has 3 rings (SSSR count). The highest BCUT2D eigenvalue weighted by Gasteiger charge is 2.26. The van der Waals surface area contributed by atoms with Gasteiger partial charge in [0.25, 0.3) is 0 Å². The highest BCUT2D eigenvalue weighted by atomic mass is 35.5. The SMILES string of the molecule is CCOC(=O)c1cc(NC(=O)C2CCN(Cc3ccc(Cl)cc3F)CC2)ccc1Cl. The monoisotopic (exact) mass is 452 g/mol. The van der Waals surface area contributed by atoms with Crippen molar-refractivity contribution >= 4 is 40.8 Å². The predicted molar refractivity (Wildman–Crippen MR) is 115 cm³/mol. The molecule has 1 heterocycles. The molecule has 0 bridgehead atoms. The van der Waals surface area contributed by atoms with E-state index in [4.69, 9.17) is 27.9 Å². The summed E-state index contributed by atoms with van der Waals surface area (Å²) in [6.07, 6.45) is 1.33. The van der Waals surface area contributed by atoms with Crippen LogP contribution in [0.25, 0.3) is 0 Å². The normalized spacial score (nSPS) is 15.1. The van der Waals surface area contributed by atoms with Gasteiger partial charge in [-0.05, 0) is 63.2 Å². The van der Waals surface area contributed by atoms with Gasteiger partial charge in [-0.2, -0.15) is 0 Å². The minimum absolute atomic E-state index is 0.107. The van der Waals surface area contributed by atoms with E-state index in [0.717, 1.165) is 0 Å². The number of carbonyl (C=O) groups is 2. The van der Waals surface area contributed by atoms with Crippen LogP contribution in [0.5, 0.6) is 0 Å². The van der Waals surface area contributed by atoms with E-state index in [-0.39, 0.29) is 34.8 Å². The van der Waals surface area contributed by atoms with E-state index in [1.807, 2.05) is 0 Å². The Balaban J connectivity index is 1.55. The third-order valence-electron chi connectivity index (χ3n) is 5.10. The van der Waals surface area contributed by atoms with E-state index < -0.39 is 5.97 Å². The van der Waals surface area contributed by atoms with Gasteiger partial charge in [0, 0.05) is 28.7 Å². The summed E-state index contributed by atoms with van der Waals surface area (Å²) in [7, 11) is 0. The standard InChI is InChI=1S/C22H23Cl2FN2O3/c1-2-30-22(29)18-12-17(5-6-19(18)24)26-21(28)14-7-9-27(10-8-14)13-15-3-4-16(23)11-20(15)25/h3-6,11-12,14H,2,7-10,13H2,1H3,(H,26,28). The third-order valence-corrected chi connectivity index (χ3v) is 5.66. The maximum atomic E-state index is 14.0. The van der Waals surface area contributed by atoms with Crippen LogP contribution in [0.4, 0.5) is 10.1 Å². The van der Waals surface area contributed by atoms with Crippen LogP contribution in [-0.2, 0) is 16.1 Å². The first-order valence-electron chi connectivity index (χ1n) is 9.81. The van der Waals surface area contributed by atoms with Gasteiger partial charge in [0.2, 0.25) is 5.91 Å². The van der Waals surface area contributed by atoms with Crippen molar-refractivity contribution < 1.29 is 18.7 Å². The second-order valence-electron chi connectivity index (χ2n) is 7.19. The zero-order valence-corrected chi connectivity index (χ0v) is 18.1. The Morgan fingerprint density at radius 3 is 2.57 bits per heavy atom. The molecule has 2 aromatic rings. The smallest absolute Gasteiger partial charge is 0.339 e. The van der Waals surface area contributed by atoms with Crippen molar-refractivity contribution in [3.8, 4) is 0 Å². The summed E-state index contributed by atoms with van der Waals surface area (Å²) in [6, 6.07) is 9.42. The lowest BCUT2D eigenvalue weighted by Crippen LogP contribution is -2.37. The second-order valence-corrected chi connectivity index (χ2v) is 8.03. The number of anilines is 1. The van der Waals surface area contributed by atoms with Gasteiger partial charge in [-0.25, -0.2) is 9.18 Å². The molecule has 0 atom stereocenters. The molecular formula is C22H23Cl2FN2O3. The number of ether oxygens (including phenoxy) is 1. The molecule has 1 N–H and O–H groups in total. The van der Waals surface area contributed by atoms with Gasteiger partial charge in [0.15, 0.2) is 0 Å². The van der Waals surface area contributed by atoms with Crippen molar-refractivity contribution in [3.05, 3.63) is 63.4 Å². The number of piperidine rings is 1. The Labute approximate surface area is 185 Å².